The number of thioether (sulfide) groups is 1. The third-order valence-electron chi connectivity index (χ3n) is 5.15. The van der Waals surface area contributed by atoms with Crippen LogP contribution in [-0.2, 0) is 9.59 Å². The Morgan fingerprint density at radius 3 is 2.55 bits per heavy atom. The summed E-state index contributed by atoms with van der Waals surface area (Å²) >= 11 is 1.54. The molecule has 10 heteroatoms. The second-order valence-corrected chi connectivity index (χ2v) is 8.44. The van der Waals surface area contributed by atoms with Crippen molar-refractivity contribution in [2.24, 2.45) is 0 Å². The van der Waals surface area contributed by atoms with Gasteiger partial charge in [-0.05, 0) is 37.3 Å². The summed E-state index contributed by atoms with van der Waals surface area (Å²) in [5.41, 5.74) is -0.0720. The highest BCUT2D eigenvalue weighted by molar-refractivity contribution is 7.98. The number of rotatable bonds is 10. The Hall–Kier alpha value is -2.62. The predicted octanol–water partition coefficient (Wildman–Crippen LogP) is 2.36. The molecule has 9 nitrogen and oxygen atoms in total. The van der Waals surface area contributed by atoms with Gasteiger partial charge in [-0.2, -0.15) is 11.8 Å². The first kappa shape index (κ1) is 24.6. The Morgan fingerprint density at radius 2 is 1.90 bits per heavy atom. The molecular weight excluding hydrogens is 420 g/mol. The molecule has 2 N–H and O–H groups in total. The van der Waals surface area contributed by atoms with Crippen molar-refractivity contribution in [2.45, 2.75) is 44.6 Å². The SMILES string of the molecule is CSCCC(NC(=O)c1cccc([N+](=O)[O-])c1)C(=O)NCCC(=O)N1CCCCCC1. The summed E-state index contributed by atoms with van der Waals surface area (Å²) in [6.07, 6.45) is 6.84. The van der Waals surface area contributed by atoms with Crippen LogP contribution in [0.25, 0.3) is 0 Å². The number of nitro groups is 1. The van der Waals surface area contributed by atoms with E-state index >= 15 is 0 Å². The average molecular weight is 451 g/mol. The number of hydrogen-bond acceptors (Lipinski definition) is 6. The summed E-state index contributed by atoms with van der Waals surface area (Å²) < 4.78 is 0. The van der Waals surface area contributed by atoms with Gasteiger partial charge in [-0.3, -0.25) is 24.5 Å². The number of amides is 3. The van der Waals surface area contributed by atoms with Crippen molar-refractivity contribution < 1.29 is 19.3 Å². The number of non-ortho nitro benzene ring substituents is 1. The summed E-state index contributed by atoms with van der Waals surface area (Å²) in [7, 11) is 0. The van der Waals surface area contributed by atoms with Crippen LogP contribution in [0, 0.1) is 10.1 Å². The molecule has 0 bridgehead atoms. The largest absolute Gasteiger partial charge is 0.354 e. The van der Waals surface area contributed by atoms with Crippen molar-refractivity contribution in [2.75, 3.05) is 31.6 Å². The number of nitro benzene ring substituents is 1. The fraction of sp³-hybridized carbons (Fsp3) is 0.571. The number of nitrogens with one attached hydrogen (secondary N) is 2. The molecule has 0 spiro atoms. The molecule has 1 saturated heterocycles. The second kappa shape index (κ2) is 12.9. The molecule has 0 saturated carbocycles. The van der Waals surface area contributed by atoms with E-state index in [0.29, 0.717) is 12.2 Å². The Kier molecular flexibility index (Phi) is 10.3. The maximum Gasteiger partial charge on any atom is 0.270 e. The zero-order valence-corrected chi connectivity index (χ0v) is 18.6. The quantitative estimate of drug-likeness (QED) is 0.417. The van der Waals surface area contributed by atoms with E-state index in [2.05, 4.69) is 10.6 Å². The van der Waals surface area contributed by atoms with Gasteiger partial charge in [-0.1, -0.05) is 18.9 Å². The second-order valence-electron chi connectivity index (χ2n) is 7.45. The van der Waals surface area contributed by atoms with Gasteiger partial charge in [0.05, 0.1) is 4.92 Å². The van der Waals surface area contributed by atoms with E-state index in [1.807, 2.05) is 11.2 Å². The molecule has 3 amide bonds. The molecule has 1 aromatic carbocycles. The van der Waals surface area contributed by atoms with Crippen LogP contribution in [0.15, 0.2) is 24.3 Å². The van der Waals surface area contributed by atoms with Crippen LogP contribution in [0.3, 0.4) is 0 Å². The van der Waals surface area contributed by atoms with Gasteiger partial charge in [0.1, 0.15) is 6.04 Å². The van der Waals surface area contributed by atoms with Crippen molar-refractivity contribution in [3.05, 3.63) is 39.9 Å². The molecule has 0 radical (unpaired) electrons. The van der Waals surface area contributed by atoms with Crippen LogP contribution < -0.4 is 10.6 Å². The molecule has 0 aliphatic carbocycles. The van der Waals surface area contributed by atoms with Gasteiger partial charge in [0.2, 0.25) is 11.8 Å². The van der Waals surface area contributed by atoms with Crippen molar-refractivity contribution in [1.29, 1.82) is 0 Å². The first-order valence-electron chi connectivity index (χ1n) is 10.5. The first-order chi connectivity index (χ1) is 14.9. The van der Waals surface area contributed by atoms with Gasteiger partial charge in [0.25, 0.3) is 11.6 Å². The van der Waals surface area contributed by atoms with E-state index in [1.165, 1.54) is 24.3 Å². The van der Waals surface area contributed by atoms with Crippen LogP contribution in [0.5, 0.6) is 0 Å². The van der Waals surface area contributed by atoms with Crippen molar-refractivity contribution in [1.82, 2.24) is 15.5 Å². The molecular formula is C21H30N4O5S. The van der Waals surface area contributed by atoms with E-state index in [0.717, 1.165) is 38.8 Å². The smallest absolute Gasteiger partial charge is 0.270 e. The van der Waals surface area contributed by atoms with E-state index in [4.69, 9.17) is 0 Å². The van der Waals surface area contributed by atoms with Gasteiger partial charge in [0, 0.05) is 43.8 Å². The molecule has 1 heterocycles. The molecule has 31 heavy (non-hydrogen) atoms. The number of likely N-dealkylation sites (tertiary alicyclic amines) is 1. The van der Waals surface area contributed by atoms with Crippen LogP contribution in [0.4, 0.5) is 5.69 Å². The minimum atomic E-state index is -0.785. The molecule has 1 unspecified atom stereocenters. The fourth-order valence-electron chi connectivity index (χ4n) is 3.40. The molecule has 1 aromatic rings. The number of carbonyl (C=O) groups excluding carboxylic acids is 3. The summed E-state index contributed by atoms with van der Waals surface area (Å²) in [6.45, 7) is 1.74. The third-order valence-corrected chi connectivity index (χ3v) is 5.79. The first-order valence-corrected chi connectivity index (χ1v) is 11.9. The Bertz CT molecular complexity index is 781. The molecule has 0 aromatic heterocycles. The third kappa shape index (κ3) is 8.20. The standard InChI is InChI=1S/C21H30N4O5S/c1-31-14-10-18(23-20(27)16-7-6-8-17(15-16)25(29)30)21(28)22-11-9-19(26)24-12-4-2-3-5-13-24/h6-8,15,18H,2-5,9-14H2,1H3,(H,22,28)(H,23,27). The fourth-order valence-corrected chi connectivity index (χ4v) is 3.87. The molecule has 170 valence electrons. The molecule has 1 aliphatic rings. The summed E-state index contributed by atoms with van der Waals surface area (Å²) in [5, 5.41) is 16.3. The molecule has 2 rings (SSSR count). The highest BCUT2D eigenvalue weighted by Crippen LogP contribution is 2.14. The number of hydrogen-bond donors (Lipinski definition) is 2. The minimum Gasteiger partial charge on any atom is -0.354 e. The lowest BCUT2D eigenvalue weighted by Gasteiger charge is -2.21. The lowest BCUT2D eigenvalue weighted by atomic mass is 10.1. The summed E-state index contributed by atoms with van der Waals surface area (Å²) in [5.74, 6) is -0.231. The molecule has 1 aliphatic heterocycles. The minimum absolute atomic E-state index is 0.0310. The van der Waals surface area contributed by atoms with Crippen LogP contribution in [0.2, 0.25) is 0 Å². The topological polar surface area (TPSA) is 122 Å². The number of benzene rings is 1. The maximum absolute atomic E-state index is 12.6. The lowest BCUT2D eigenvalue weighted by molar-refractivity contribution is -0.384. The monoisotopic (exact) mass is 450 g/mol. The Balaban J connectivity index is 1.90. The normalized spacial score (nSPS) is 14.9. The molecule has 1 fully saturated rings. The van der Waals surface area contributed by atoms with Gasteiger partial charge < -0.3 is 15.5 Å². The highest BCUT2D eigenvalue weighted by Gasteiger charge is 2.22. The summed E-state index contributed by atoms with van der Waals surface area (Å²) in [6, 6.07) is 4.59. The van der Waals surface area contributed by atoms with E-state index in [9.17, 15) is 24.5 Å². The van der Waals surface area contributed by atoms with Crippen molar-refractivity contribution >= 4 is 35.2 Å². The zero-order chi connectivity index (χ0) is 22.6. The van der Waals surface area contributed by atoms with Crippen LogP contribution in [0.1, 0.15) is 48.9 Å². The van der Waals surface area contributed by atoms with E-state index < -0.39 is 16.9 Å². The Morgan fingerprint density at radius 1 is 1.19 bits per heavy atom. The van der Waals surface area contributed by atoms with E-state index in [1.54, 1.807) is 11.8 Å². The number of carbonyl (C=O) groups is 3. The van der Waals surface area contributed by atoms with Gasteiger partial charge in [-0.15, -0.1) is 0 Å². The van der Waals surface area contributed by atoms with Crippen LogP contribution in [-0.4, -0.2) is 65.2 Å². The zero-order valence-electron chi connectivity index (χ0n) is 17.8. The van der Waals surface area contributed by atoms with Crippen LogP contribution >= 0.6 is 11.8 Å². The lowest BCUT2D eigenvalue weighted by Crippen LogP contribution is -2.47. The Labute approximate surface area is 186 Å². The van der Waals surface area contributed by atoms with Gasteiger partial charge in [-0.25, -0.2) is 0 Å². The van der Waals surface area contributed by atoms with Crippen molar-refractivity contribution in [3.63, 3.8) is 0 Å². The van der Waals surface area contributed by atoms with E-state index in [-0.39, 0.29) is 36.0 Å². The maximum atomic E-state index is 12.6. The van der Waals surface area contributed by atoms with Gasteiger partial charge in [0.15, 0.2) is 0 Å². The predicted molar refractivity (Wildman–Crippen MR) is 120 cm³/mol. The van der Waals surface area contributed by atoms with Crippen molar-refractivity contribution in [3.8, 4) is 0 Å². The highest BCUT2D eigenvalue weighted by atomic mass is 32.2. The average Bonchev–Trinajstić information content (AvgIpc) is 3.06. The molecule has 1 atom stereocenters. The number of nitrogens with zero attached hydrogens (tertiary/aromatic N) is 2. The van der Waals surface area contributed by atoms with Gasteiger partial charge >= 0.3 is 0 Å². The summed E-state index contributed by atoms with van der Waals surface area (Å²) in [4.78, 5) is 49.8.